The minimum Gasteiger partial charge on any atom is -0.493 e. The minimum atomic E-state index is -4.50. The molecule has 2 aliphatic heterocycles. The van der Waals surface area contributed by atoms with Gasteiger partial charge in [-0.05, 0) is 49.6 Å². The number of aromatic nitrogens is 3. The minimum absolute atomic E-state index is 0.114. The third-order valence-corrected chi connectivity index (χ3v) is 7.89. The summed E-state index contributed by atoms with van der Waals surface area (Å²) in [5.41, 5.74) is -0.0501. The molecule has 40 heavy (non-hydrogen) atoms. The molecular formula is C28H25ClF3N5O3. The van der Waals surface area contributed by atoms with Crippen molar-refractivity contribution in [1.29, 1.82) is 0 Å². The Kier molecular flexibility index (Phi) is 6.56. The van der Waals surface area contributed by atoms with Crippen LogP contribution in [0.5, 0.6) is 5.75 Å². The zero-order valence-corrected chi connectivity index (χ0v) is 22.2. The average Bonchev–Trinajstić information content (AvgIpc) is 3.54. The summed E-state index contributed by atoms with van der Waals surface area (Å²) in [5, 5.41) is 12.5. The lowest BCUT2D eigenvalue weighted by atomic mass is 9.97. The molecule has 2 atom stereocenters. The molecule has 0 amide bonds. The fourth-order valence-electron chi connectivity index (χ4n) is 5.59. The van der Waals surface area contributed by atoms with Crippen LogP contribution in [-0.4, -0.2) is 27.9 Å². The first kappa shape index (κ1) is 26.4. The second kappa shape index (κ2) is 9.96. The van der Waals surface area contributed by atoms with E-state index in [2.05, 4.69) is 15.5 Å². The average molecular weight is 572 g/mol. The molecule has 208 valence electrons. The Balaban J connectivity index is 1.29. The van der Waals surface area contributed by atoms with Crippen LogP contribution in [0.15, 0.2) is 52.1 Å². The Hall–Kier alpha value is -3.86. The van der Waals surface area contributed by atoms with Gasteiger partial charge in [-0.3, -0.25) is 9.59 Å². The van der Waals surface area contributed by atoms with Crippen LogP contribution in [0.25, 0.3) is 0 Å². The number of nitrogens with one attached hydrogen (secondary N) is 1. The highest BCUT2D eigenvalue weighted by Gasteiger charge is 2.38. The van der Waals surface area contributed by atoms with Crippen molar-refractivity contribution in [2.24, 2.45) is 0 Å². The highest BCUT2D eigenvalue weighted by molar-refractivity contribution is 6.30. The van der Waals surface area contributed by atoms with Crippen molar-refractivity contribution in [2.45, 2.75) is 51.0 Å². The molecule has 0 saturated carbocycles. The zero-order valence-electron chi connectivity index (χ0n) is 21.5. The Labute approximate surface area is 232 Å². The first-order valence-corrected chi connectivity index (χ1v) is 13.3. The van der Waals surface area contributed by atoms with Crippen LogP contribution < -0.4 is 25.8 Å². The summed E-state index contributed by atoms with van der Waals surface area (Å²) < 4.78 is 47.1. The molecule has 0 bridgehead atoms. The number of aryl methyl sites for hydroxylation is 1. The number of alkyl halides is 3. The van der Waals surface area contributed by atoms with Gasteiger partial charge in [-0.1, -0.05) is 29.8 Å². The first-order valence-electron chi connectivity index (χ1n) is 13.0. The largest absolute Gasteiger partial charge is 0.493 e. The summed E-state index contributed by atoms with van der Waals surface area (Å²) in [6.45, 7) is 3.11. The molecule has 1 N–H and O–H groups in total. The summed E-state index contributed by atoms with van der Waals surface area (Å²) >= 11 is 6.04. The molecule has 8 nitrogen and oxygen atoms in total. The van der Waals surface area contributed by atoms with Gasteiger partial charge in [0.15, 0.2) is 5.82 Å². The molecule has 2 aliphatic rings. The van der Waals surface area contributed by atoms with E-state index in [0.717, 1.165) is 36.4 Å². The number of benzene rings is 2. The van der Waals surface area contributed by atoms with E-state index in [-0.39, 0.29) is 29.8 Å². The number of rotatable bonds is 6. The summed E-state index contributed by atoms with van der Waals surface area (Å²) in [4.78, 5) is 27.6. The molecule has 1 saturated heterocycles. The van der Waals surface area contributed by atoms with Crippen molar-refractivity contribution < 1.29 is 17.9 Å². The monoisotopic (exact) mass is 571 g/mol. The number of fused-ring (bicyclic) bond motifs is 1. The zero-order chi connectivity index (χ0) is 28.2. The van der Waals surface area contributed by atoms with Crippen molar-refractivity contribution in [3.8, 4) is 5.75 Å². The van der Waals surface area contributed by atoms with Crippen LogP contribution in [-0.2, 0) is 12.7 Å². The van der Waals surface area contributed by atoms with Gasteiger partial charge in [-0.25, -0.2) is 0 Å². The molecule has 0 spiro atoms. The van der Waals surface area contributed by atoms with E-state index in [4.69, 9.17) is 16.3 Å². The van der Waals surface area contributed by atoms with Crippen LogP contribution in [0.3, 0.4) is 0 Å². The predicted molar refractivity (Wildman–Crippen MR) is 144 cm³/mol. The number of nitrogens with zero attached hydrogens (tertiary/aromatic N) is 4. The van der Waals surface area contributed by atoms with Gasteiger partial charge in [-0.15, -0.1) is 10.2 Å². The Morgan fingerprint density at radius 2 is 1.85 bits per heavy atom. The number of anilines is 2. The van der Waals surface area contributed by atoms with Crippen molar-refractivity contribution in [2.75, 3.05) is 23.4 Å². The van der Waals surface area contributed by atoms with Crippen LogP contribution in [0.1, 0.15) is 59.7 Å². The molecule has 1 unspecified atom stereocenters. The van der Waals surface area contributed by atoms with E-state index in [1.807, 2.05) is 40.7 Å². The lowest BCUT2D eigenvalue weighted by Gasteiger charge is -2.32. The standard InChI is InChI=1S/C28H25ClF3N5O3/c1-15-34-35-27(37(15)14-16-4-7-18(29)8-5-16)21-3-2-11-36(21)24-23(25(38)26(24)39)33-20-10-12-40-22-13-17(28(30,31)32)6-9-19(20)22/h4-9,13,20-21,33H,2-3,10-12,14H2,1H3/t20?,21-/m1/s1. The number of ether oxygens (including phenoxy) is 1. The van der Waals surface area contributed by atoms with Gasteiger partial charge in [0.25, 0.3) is 10.9 Å². The summed E-state index contributed by atoms with van der Waals surface area (Å²) in [5.74, 6) is 1.53. The van der Waals surface area contributed by atoms with Gasteiger partial charge in [0, 0.05) is 23.6 Å². The van der Waals surface area contributed by atoms with E-state index < -0.39 is 28.6 Å². The second-order valence-electron chi connectivity index (χ2n) is 10.1. The molecule has 1 aromatic heterocycles. The third-order valence-electron chi connectivity index (χ3n) is 7.64. The molecule has 12 heteroatoms. The van der Waals surface area contributed by atoms with Gasteiger partial charge in [0.05, 0.1) is 30.8 Å². The first-order chi connectivity index (χ1) is 19.1. The number of hydrogen-bond acceptors (Lipinski definition) is 7. The Morgan fingerprint density at radius 1 is 1.07 bits per heavy atom. The van der Waals surface area contributed by atoms with Crippen LogP contribution in [0, 0.1) is 6.92 Å². The third kappa shape index (κ3) is 4.61. The Bertz CT molecular complexity index is 1640. The quantitative estimate of drug-likeness (QED) is 0.319. The summed E-state index contributed by atoms with van der Waals surface area (Å²) in [6.07, 6.45) is -2.57. The number of halogens is 4. The molecule has 0 radical (unpaired) electrons. The van der Waals surface area contributed by atoms with Gasteiger partial charge in [0.2, 0.25) is 0 Å². The van der Waals surface area contributed by atoms with Crippen LogP contribution in [0.4, 0.5) is 24.5 Å². The topological polar surface area (TPSA) is 89.3 Å². The lowest BCUT2D eigenvalue weighted by Crippen LogP contribution is -2.43. The fourth-order valence-corrected chi connectivity index (χ4v) is 5.72. The van der Waals surface area contributed by atoms with Crippen LogP contribution >= 0.6 is 11.6 Å². The van der Waals surface area contributed by atoms with Gasteiger partial charge < -0.3 is 19.5 Å². The van der Waals surface area contributed by atoms with E-state index in [0.29, 0.717) is 35.9 Å². The van der Waals surface area contributed by atoms with E-state index in [9.17, 15) is 22.8 Å². The smallest absolute Gasteiger partial charge is 0.416 e. The summed E-state index contributed by atoms with van der Waals surface area (Å²) in [7, 11) is 0. The molecule has 1 fully saturated rings. The SMILES string of the molecule is Cc1nnc([C@H]2CCCN2c2c(NC3CCOc4cc(C(F)(F)F)ccc43)c(=O)c2=O)n1Cc1ccc(Cl)cc1. The molecule has 3 aromatic carbocycles. The van der Waals surface area contributed by atoms with Gasteiger partial charge in [0.1, 0.15) is 22.9 Å². The van der Waals surface area contributed by atoms with E-state index >= 15 is 0 Å². The second-order valence-corrected chi connectivity index (χ2v) is 10.6. The molecular weight excluding hydrogens is 547 g/mol. The van der Waals surface area contributed by atoms with Gasteiger partial charge >= 0.3 is 6.18 Å². The van der Waals surface area contributed by atoms with E-state index in [1.54, 1.807) is 0 Å². The maximum absolute atomic E-state index is 13.2. The van der Waals surface area contributed by atoms with Gasteiger partial charge in [-0.2, -0.15) is 13.2 Å². The van der Waals surface area contributed by atoms with Crippen molar-refractivity contribution >= 4 is 23.0 Å². The fraction of sp³-hybridized carbons (Fsp3) is 0.357. The van der Waals surface area contributed by atoms with Crippen LogP contribution in [0.2, 0.25) is 5.02 Å². The highest BCUT2D eigenvalue weighted by Crippen LogP contribution is 2.42. The molecule has 0 aliphatic carbocycles. The maximum Gasteiger partial charge on any atom is 0.416 e. The van der Waals surface area contributed by atoms with Crippen molar-refractivity contribution in [3.05, 3.63) is 96.3 Å². The normalized spacial score (nSPS) is 19.1. The molecule has 6 rings (SSSR count). The highest BCUT2D eigenvalue weighted by atomic mass is 35.5. The van der Waals surface area contributed by atoms with Crippen molar-refractivity contribution in [1.82, 2.24) is 14.8 Å². The maximum atomic E-state index is 13.2. The predicted octanol–water partition coefficient (Wildman–Crippen LogP) is 5.18. The number of hydrogen-bond donors (Lipinski definition) is 1. The Morgan fingerprint density at radius 3 is 2.60 bits per heavy atom. The van der Waals surface area contributed by atoms with E-state index in [1.165, 1.54) is 6.07 Å². The molecule has 3 heterocycles. The lowest BCUT2D eigenvalue weighted by molar-refractivity contribution is -0.137. The molecule has 4 aromatic rings. The summed E-state index contributed by atoms with van der Waals surface area (Å²) in [6, 6.07) is 10.1. The van der Waals surface area contributed by atoms with Crippen molar-refractivity contribution in [3.63, 3.8) is 0 Å².